The number of carbonyl (C=O) groups excluding carboxylic acids is 1. The van der Waals surface area contributed by atoms with Crippen molar-refractivity contribution in [1.82, 2.24) is 9.88 Å². The number of nitrogens with zero attached hydrogens (tertiary/aromatic N) is 3. The van der Waals surface area contributed by atoms with Gasteiger partial charge in [0, 0.05) is 13.1 Å². The lowest BCUT2D eigenvalue weighted by Crippen LogP contribution is -2.41. The number of sulfone groups is 1. The first kappa shape index (κ1) is 24.1. The van der Waals surface area contributed by atoms with E-state index in [1.54, 1.807) is 13.2 Å². The first-order valence-corrected chi connectivity index (χ1v) is 12.7. The number of likely N-dealkylation sites (N-methyl/N-ethyl adjacent to an activating group) is 1. The van der Waals surface area contributed by atoms with Gasteiger partial charge < -0.3 is 9.64 Å². The van der Waals surface area contributed by atoms with Gasteiger partial charge in [-0.15, -0.1) is 0 Å². The lowest BCUT2D eigenvalue weighted by molar-refractivity contribution is -0.116. The van der Waals surface area contributed by atoms with Crippen molar-refractivity contribution in [3.8, 4) is 5.75 Å². The van der Waals surface area contributed by atoms with Crippen molar-refractivity contribution in [3.63, 3.8) is 0 Å². The number of halogens is 1. The fraction of sp³-hybridized carbons (Fsp3) is 0.364. The highest BCUT2D eigenvalue weighted by molar-refractivity contribution is 7.92. The van der Waals surface area contributed by atoms with Gasteiger partial charge >= 0.3 is 0 Å². The molecule has 0 aliphatic carbocycles. The number of amides is 1. The maximum atomic E-state index is 13.2. The van der Waals surface area contributed by atoms with E-state index >= 15 is 0 Å². The van der Waals surface area contributed by atoms with Crippen LogP contribution in [-0.4, -0.2) is 63.3 Å². The average Bonchev–Trinajstić information content (AvgIpc) is 3.20. The molecule has 32 heavy (non-hydrogen) atoms. The minimum Gasteiger partial charge on any atom is -0.494 e. The number of methoxy groups -OCH3 is 1. The normalized spacial score (nSPS) is 11.8. The molecule has 0 radical (unpaired) electrons. The van der Waals surface area contributed by atoms with Crippen molar-refractivity contribution in [2.75, 3.05) is 43.9 Å². The monoisotopic (exact) mass is 479 g/mol. The molecule has 0 N–H and O–H groups in total. The Kier molecular flexibility index (Phi) is 7.81. The molecule has 10 heteroatoms. The number of rotatable bonds is 10. The molecule has 1 heterocycles. The number of hydrogen-bond acceptors (Lipinski definition) is 7. The fourth-order valence-electron chi connectivity index (χ4n) is 3.27. The summed E-state index contributed by atoms with van der Waals surface area (Å²) in [5, 5.41) is 0.413. The second kappa shape index (κ2) is 10.4. The van der Waals surface area contributed by atoms with Gasteiger partial charge in [0.1, 0.15) is 22.8 Å². The predicted molar refractivity (Wildman–Crippen MR) is 125 cm³/mol. The molecule has 0 fully saturated rings. The van der Waals surface area contributed by atoms with Crippen LogP contribution in [0.5, 0.6) is 5.75 Å². The van der Waals surface area contributed by atoms with Crippen LogP contribution >= 0.6 is 11.3 Å². The lowest BCUT2D eigenvalue weighted by Gasteiger charge is -2.24. The van der Waals surface area contributed by atoms with E-state index in [-0.39, 0.29) is 4.90 Å². The molecule has 0 saturated carbocycles. The van der Waals surface area contributed by atoms with E-state index in [1.165, 1.54) is 28.4 Å². The summed E-state index contributed by atoms with van der Waals surface area (Å²) in [6.45, 7) is 6.53. The van der Waals surface area contributed by atoms with E-state index in [4.69, 9.17) is 4.74 Å². The van der Waals surface area contributed by atoms with Crippen LogP contribution in [0.15, 0.2) is 47.4 Å². The van der Waals surface area contributed by atoms with E-state index in [9.17, 15) is 17.6 Å². The maximum absolute atomic E-state index is 13.2. The zero-order valence-electron chi connectivity index (χ0n) is 18.2. The third-order valence-corrected chi connectivity index (χ3v) is 7.80. The second-order valence-corrected chi connectivity index (χ2v) is 10.1. The molecule has 0 aliphatic rings. The fourth-order valence-corrected chi connectivity index (χ4v) is 5.49. The Hall–Kier alpha value is -2.56. The minimum atomic E-state index is -3.94. The average molecular weight is 480 g/mol. The summed E-state index contributed by atoms with van der Waals surface area (Å²) in [6, 6.07) is 9.96. The zero-order chi connectivity index (χ0) is 23.3. The van der Waals surface area contributed by atoms with Gasteiger partial charge in [-0.2, -0.15) is 0 Å². The summed E-state index contributed by atoms with van der Waals surface area (Å²) in [5.74, 6) is -1.27. The molecular formula is C22H26FN3O4S2. The molecule has 0 atom stereocenters. The first-order valence-electron chi connectivity index (χ1n) is 10.2. The van der Waals surface area contributed by atoms with Crippen molar-refractivity contribution < 1.29 is 22.3 Å². The van der Waals surface area contributed by atoms with Gasteiger partial charge in [-0.3, -0.25) is 9.69 Å². The van der Waals surface area contributed by atoms with Gasteiger partial charge in [0.25, 0.3) is 0 Å². The molecule has 0 bridgehead atoms. The highest BCUT2D eigenvalue weighted by Gasteiger charge is 2.27. The van der Waals surface area contributed by atoms with E-state index < -0.39 is 27.3 Å². The number of aromatic nitrogens is 1. The topological polar surface area (TPSA) is 79.8 Å². The number of benzene rings is 2. The molecule has 0 spiro atoms. The van der Waals surface area contributed by atoms with E-state index in [0.717, 1.165) is 29.9 Å². The summed E-state index contributed by atoms with van der Waals surface area (Å²) >= 11 is 1.30. The van der Waals surface area contributed by atoms with Gasteiger partial charge in [0.15, 0.2) is 15.0 Å². The number of fused-ring (bicyclic) bond motifs is 1. The molecule has 7 nitrogen and oxygen atoms in total. The maximum Gasteiger partial charge on any atom is 0.244 e. The third kappa shape index (κ3) is 5.43. The van der Waals surface area contributed by atoms with Crippen molar-refractivity contribution in [2.24, 2.45) is 0 Å². The van der Waals surface area contributed by atoms with Crippen molar-refractivity contribution in [3.05, 3.63) is 48.3 Å². The largest absolute Gasteiger partial charge is 0.494 e. The summed E-state index contributed by atoms with van der Waals surface area (Å²) in [5.41, 5.74) is 0.622. The minimum absolute atomic E-state index is 0.0955. The highest BCUT2D eigenvalue weighted by atomic mass is 32.2. The van der Waals surface area contributed by atoms with E-state index in [2.05, 4.69) is 9.88 Å². The first-order chi connectivity index (χ1) is 15.3. The number of anilines is 1. The van der Waals surface area contributed by atoms with E-state index in [0.29, 0.717) is 29.5 Å². The SMILES string of the molecule is CCN(CC)CCN(C(=O)CS(=O)(=O)c1ccc(F)cc1)c1nc2c(OC)cccc2s1. The quantitative estimate of drug-likeness (QED) is 0.414. The van der Waals surface area contributed by atoms with Gasteiger partial charge in [-0.25, -0.2) is 17.8 Å². The summed E-state index contributed by atoms with van der Waals surface area (Å²) < 4.78 is 45.0. The van der Waals surface area contributed by atoms with Gasteiger partial charge in [0.2, 0.25) is 5.91 Å². The summed E-state index contributed by atoms with van der Waals surface area (Å²) in [4.78, 5) is 21.3. The lowest BCUT2D eigenvalue weighted by atomic mass is 10.3. The van der Waals surface area contributed by atoms with Crippen LogP contribution in [0.3, 0.4) is 0 Å². The van der Waals surface area contributed by atoms with Crippen LogP contribution in [-0.2, 0) is 14.6 Å². The molecule has 2 aromatic carbocycles. The van der Waals surface area contributed by atoms with Crippen molar-refractivity contribution >= 4 is 42.4 Å². The number of para-hydroxylation sites is 1. The number of hydrogen-bond donors (Lipinski definition) is 0. The molecule has 3 aromatic rings. The summed E-state index contributed by atoms with van der Waals surface area (Å²) in [6.07, 6.45) is 0. The molecule has 1 aromatic heterocycles. The van der Waals surface area contributed by atoms with Gasteiger partial charge in [-0.05, 0) is 49.5 Å². The summed E-state index contributed by atoms with van der Waals surface area (Å²) in [7, 11) is -2.39. The molecule has 0 unspecified atom stereocenters. The number of carbonyl (C=O) groups is 1. The Labute approximate surface area is 191 Å². The third-order valence-electron chi connectivity index (χ3n) is 5.14. The van der Waals surface area contributed by atoms with Gasteiger partial charge in [-0.1, -0.05) is 31.3 Å². The predicted octanol–water partition coefficient (Wildman–Crippen LogP) is 3.59. The molecule has 0 saturated heterocycles. The molecule has 1 amide bonds. The number of thiazole rings is 1. The highest BCUT2D eigenvalue weighted by Crippen LogP contribution is 2.34. The van der Waals surface area contributed by atoms with E-state index in [1.807, 2.05) is 26.0 Å². The molecule has 3 rings (SSSR count). The van der Waals surface area contributed by atoms with Crippen LogP contribution in [0.4, 0.5) is 9.52 Å². The molecule has 0 aliphatic heterocycles. The van der Waals surface area contributed by atoms with Crippen LogP contribution in [0.25, 0.3) is 10.2 Å². The van der Waals surface area contributed by atoms with Crippen LogP contribution in [0.1, 0.15) is 13.8 Å². The van der Waals surface area contributed by atoms with Crippen LogP contribution in [0, 0.1) is 5.82 Å². The Balaban J connectivity index is 1.93. The standard InChI is InChI=1S/C22H26FN3O4S2/c1-4-25(5-2)13-14-26(22-24-21-18(30-3)7-6-8-19(21)31-22)20(27)15-32(28,29)17-11-9-16(23)10-12-17/h6-12H,4-5,13-15H2,1-3H3. The van der Waals surface area contributed by atoms with Crippen LogP contribution in [0.2, 0.25) is 0 Å². The Bertz CT molecular complexity index is 1180. The zero-order valence-corrected chi connectivity index (χ0v) is 19.9. The van der Waals surface area contributed by atoms with Crippen LogP contribution < -0.4 is 9.64 Å². The van der Waals surface area contributed by atoms with Crippen molar-refractivity contribution in [1.29, 1.82) is 0 Å². The van der Waals surface area contributed by atoms with Gasteiger partial charge in [0.05, 0.1) is 16.7 Å². The smallest absolute Gasteiger partial charge is 0.244 e. The second-order valence-electron chi connectivity index (χ2n) is 7.09. The Morgan fingerprint density at radius 3 is 2.41 bits per heavy atom. The van der Waals surface area contributed by atoms with Crippen molar-refractivity contribution in [2.45, 2.75) is 18.7 Å². The Morgan fingerprint density at radius 2 is 1.78 bits per heavy atom. The Morgan fingerprint density at radius 1 is 1.09 bits per heavy atom. The number of ether oxygens (including phenoxy) is 1. The molecular weight excluding hydrogens is 453 g/mol. The molecule has 172 valence electrons.